The fourth-order valence-corrected chi connectivity index (χ4v) is 2.50. The fraction of sp³-hybridized carbons (Fsp3) is 0. The van der Waals surface area contributed by atoms with Gasteiger partial charge in [-0.05, 0) is 23.6 Å². The van der Waals surface area contributed by atoms with Crippen LogP contribution < -0.4 is 5.32 Å². The Kier molecular flexibility index (Phi) is 4.20. The van der Waals surface area contributed by atoms with E-state index in [-0.39, 0.29) is 26.8 Å². The molecule has 1 amide bonds. The first kappa shape index (κ1) is 14.9. The summed E-state index contributed by atoms with van der Waals surface area (Å²) >= 11 is 6.69. The molecule has 9 heteroatoms. The molecule has 7 nitrogen and oxygen atoms in total. The number of nitro groups is 1. The van der Waals surface area contributed by atoms with Gasteiger partial charge in [0.1, 0.15) is 9.90 Å². The summed E-state index contributed by atoms with van der Waals surface area (Å²) in [4.78, 5) is 32.9. The van der Waals surface area contributed by atoms with E-state index in [1.165, 1.54) is 17.5 Å². The van der Waals surface area contributed by atoms with E-state index in [2.05, 4.69) is 5.32 Å². The number of anilines is 1. The lowest BCUT2D eigenvalue weighted by atomic mass is 10.2. The largest absolute Gasteiger partial charge is 0.477 e. The van der Waals surface area contributed by atoms with Crippen molar-refractivity contribution in [2.75, 3.05) is 5.32 Å². The van der Waals surface area contributed by atoms with E-state index in [0.29, 0.717) is 0 Å². The summed E-state index contributed by atoms with van der Waals surface area (Å²) in [5.74, 6) is -1.75. The number of nitrogens with one attached hydrogen (secondary N) is 1. The van der Waals surface area contributed by atoms with Gasteiger partial charge in [0.05, 0.1) is 10.6 Å². The fourth-order valence-electron chi connectivity index (χ4n) is 1.56. The second-order valence-corrected chi connectivity index (χ2v) is 5.17. The van der Waals surface area contributed by atoms with Crippen molar-refractivity contribution in [1.29, 1.82) is 0 Å². The molecule has 0 aliphatic carbocycles. The summed E-state index contributed by atoms with van der Waals surface area (Å²) in [6.45, 7) is 0. The zero-order valence-corrected chi connectivity index (χ0v) is 11.8. The third kappa shape index (κ3) is 3.18. The van der Waals surface area contributed by atoms with Gasteiger partial charge in [-0.1, -0.05) is 11.6 Å². The van der Waals surface area contributed by atoms with Crippen molar-refractivity contribution >= 4 is 46.2 Å². The lowest BCUT2D eigenvalue weighted by molar-refractivity contribution is -0.384. The highest BCUT2D eigenvalue weighted by atomic mass is 35.5. The van der Waals surface area contributed by atoms with Gasteiger partial charge in [0, 0.05) is 11.6 Å². The van der Waals surface area contributed by atoms with E-state index >= 15 is 0 Å². The van der Waals surface area contributed by atoms with E-state index in [0.717, 1.165) is 23.5 Å². The molecule has 108 valence electrons. The average Bonchev–Trinajstić information content (AvgIpc) is 2.86. The Hall–Kier alpha value is -2.45. The number of nitrogens with zero attached hydrogens (tertiary/aromatic N) is 1. The maximum atomic E-state index is 12.0. The van der Waals surface area contributed by atoms with Crippen LogP contribution in [0.4, 0.5) is 11.4 Å². The topological polar surface area (TPSA) is 110 Å². The van der Waals surface area contributed by atoms with Gasteiger partial charge in [-0.15, -0.1) is 11.3 Å². The SMILES string of the molecule is O=C(Nc1ccsc1C(=O)O)c1ccc([N+](=O)[O-])c(Cl)c1. The standard InChI is InChI=1S/C12H7ClN2O5S/c13-7-5-6(1-2-9(7)15(19)20)11(16)14-8-3-4-21-10(8)12(17)18/h1-5H,(H,14,16)(H,17,18). The highest BCUT2D eigenvalue weighted by molar-refractivity contribution is 7.12. The molecule has 1 aromatic heterocycles. The molecule has 2 aromatic rings. The van der Waals surface area contributed by atoms with Gasteiger partial charge in [0.2, 0.25) is 0 Å². The number of amides is 1. The van der Waals surface area contributed by atoms with E-state index in [1.54, 1.807) is 0 Å². The van der Waals surface area contributed by atoms with Crippen LogP contribution >= 0.6 is 22.9 Å². The van der Waals surface area contributed by atoms with Gasteiger partial charge in [-0.3, -0.25) is 14.9 Å². The number of hydrogen-bond acceptors (Lipinski definition) is 5. The zero-order valence-electron chi connectivity index (χ0n) is 10.2. The van der Waals surface area contributed by atoms with Gasteiger partial charge < -0.3 is 10.4 Å². The summed E-state index contributed by atoms with van der Waals surface area (Å²) in [5, 5.41) is 23.4. The molecule has 1 aromatic carbocycles. The Balaban J connectivity index is 2.25. The normalized spacial score (nSPS) is 10.1. The smallest absolute Gasteiger partial charge is 0.348 e. The van der Waals surface area contributed by atoms with Crippen molar-refractivity contribution in [2.24, 2.45) is 0 Å². The van der Waals surface area contributed by atoms with Crippen LogP contribution in [0.2, 0.25) is 5.02 Å². The van der Waals surface area contributed by atoms with Gasteiger partial charge in [-0.25, -0.2) is 4.79 Å². The van der Waals surface area contributed by atoms with Gasteiger partial charge >= 0.3 is 5.97 Å². The predicted molar refractivity (Wildman–Crippen MR) is 77.3 cm³/mol. The van der Waals surface area contributed by atoms with Crippen LogP contribution in [0.1, 0.15) is 20.0 Å². The van der Waals surface area contributed by atoms with E-state index < -0.39 is 16.8 Å². The summed E-state index contributed by atoms with van der Waals surface area (Å²) in [7, 11) is 0. The van der Waals surface area contributed by atoms with Crippen LogP contribution in [-0.4, -0.2) is 21.9 Å². The van der Waals surface area contributed by atoms with E-state index in [1.807, 2.05) is 0 Å². The molecule has 0 radical (unpaired) electrons. The number of benzene rings is 1. The number of carbonyl (C=O) groups excluding carboxylic acids is 1. The van der Waals surface area contributed by atoms with E-state index in [4.69, 9.17) is 16.7 Å². The predicted octanol–water partition coefficient (Wildman–Crippen LogP) is 3.26. The Bertz CT molecular complexity index is 743. The number of hydrogen-bond donors (Lipinski definition) is 2. The molecular weight excluding hydrogens is 320 g/mol. The molecular formula is C12H7ClN2O5S. The highest BCUT2D eigenvalue weighted by Gasteiger charge is 2.18. The van der Waals surface area contributed by atoms with Crippen LogP contribution in [0.15, 0.2) is 29.6 Å². The minimum Gasteiger partial charge on any atom is -0.477 e. The number of halogens is 1. The van der Waals surface area contributed by atoms with Gasteiger partial charge in [0.25, 0.3) is 11.6 Å². The number of carboxylic acids is 1. The first-order valence-electron chi connectivity index (χ1n) is 5.46. The van der Waals surface area contributed by atoms with Crippen LogP contribution in [0.25, 0.3) is 0 Å². The maximum absolute atomic E-state index is 12.0. The first-order valence-corrected chi connectivity index (χ1v) is 6.72. The minimum absolute atomic E-state index is 0.00337. The highest BCUT2D eigenvalue weighted by Crippen LogP contribution is 2.26. The second kappa shape index (κ2) is 5.90. The molecule has 0 spiro atoms. The monoisotopic (exact) mass is 326 g/mol. The Morgan fingerprint density at radius 2 is 2.05 bits per heavy atom. The Morgan fingerprint density at radius 1 is 1.33 bits per heavy atom. The van der Waals surface area contributed by atoms with Crippen molar-refractivity contribution in [3.63, 3.8) is 0 Å². The number of thiophene rings is 1. The summed E-state index contributed by atoms with van der Waals surface area (Å²) in [5.41, 5.74) is -0.0601. The zero-order chi connectivity index (χ0) is 15.6. The summed E-state index contributed by atoms with van der Waals surface area (Å²) in [6.07, 6.45) is 0. The summed E-state index contributed by atoms with van der Waals surface area (Å²) < 4.78 is 0. The average molecular weight is 327 g/mol. The van der Waals surface area contributed by atoms with Crippen LogP contribution in [0, 0.1) is 10.1 Å². The number of aromatic carboxylic acids is 1. The molecule has 0 fully saturated rings. The number of carbonyl (C=O) groups is 2. The van der Waals surface area contributed by atoms with Gasteiger partial charge in [0.15, 0.2) is 0 Å². The van der Waals surface area contributed by atoms with Crippen molar-refractivity contribution < 1.29 is 19.6 Å². The maximum Gasteiger partial charge on any atom is 0.348 e. The van der Waals surface area contributed by atoms with Crippen molar-refractivity contribution in [3.8, 4) is 0 Å². The molecule has 2 N–H and O–H groups in total. The van der Waals surface area contributed by atoms with Crippen LogP contribution in [0.5, 0.6) is 0 Å². The van der Waals surface area contributed by atoms with Gasteiger partial charge in [-0.2, -0.15) is 0 Å². The number of carboxylic acid groups (broad SMARTS) is 1. The number of nitro benzene ring substituents is 1. The molecule has 2 rings (SSSR count). The second-order valence-electron chi connectivity index (χ2n) is 3.85. The number of rotatable bonds is 4. The molecule has 21 heavy (non-hydrogen) atoms. The Morgan fingerprint density at radius 3 is 2.62 bits per heavy atom. The molecule has 0 saturated carbocycles. The molecule has 0 unspecified atom stereocenters. The molecule has 0 saturated heterocycles. The molecule has 0 aliphatic rings. The van der Waals surface area contributed by atoms with Crippen molar-refractivity contribution in [3.05, 3.63) is 55.2 Å². The van der Waals surface area contributed by atoms with Crippen molar-refractivity contribution in [2.45, 2.75) is 0 Å². The third-order valence-corrected chi connectivity index (χ3v) is 3.72. The molecule has 0 aliphatic heterocycles. The van der Waals surface area contributed by atoms with Crippen molar-refractivity contribution in [1.82, 2.24) is 0 Å². The minimum atomic E-state index is -1.15. The quantitative estimate of drug-likeness (QED) is 0.662. The van der Waals surface area contributed by atoms with Crippen LogP contribution in [0.3, 0.4) is 0 Å². The lowest BCUT2D eigenvalue weighted by Crippen LogP contribution is -2.13. The molecule has 0 atom stereocenters. The molecule has 0 bridgehead atoms. The third-order valence-electron chi connectivity index (χ3n) is 2.51. The van der Waals surface area contributed by atoms with Crippen LogP contribution in [-0.2, 0) is 0 Å². The van der Waals surface area contributed by atoms with E-state index in [9.17, 15) is 19.7 Å². The summed E-state index contributed by atoms with van der Waals surface area (Å²) in [6, 6.07) is 4.97. The first-order chi connectivity index (χ1) is 9.90. The lowest BCUT2D eigenvalue weighted by Gasteiger charge is -2.05. The Labute approximate surface area is 126 Å². The molecule has 1 heterocycles.